The van der Waals surface area contributed by atoms with E-state index in [9.17, 15) is 4.79 Å². The number of nitrogens with zero attached hydrogens (tertiary/aromatic N) is 1. The van der Waals surface area contributed by atoms with E-state index in [2.05, 4.69) is 9.99 Å². The number of ether oxygens (including phenoxy) is 1. The average molecular weight is 207 g/mol. The molecule has 0 amide bonds. The molecule has 0 fully saturated rings. The Hall–Kier alpha value is -1.84. The summed E-state index contributed by atoms with van der Waals surface area (Å²) in [6, 6.07) is 8.69. The van der Waals surface area contributed by atoms with E-state index in [0.29, 0.717) is 5.75 Å². The summed E-state index contributed by atoms with van der Waals surface area (Å²) in [7, 11) is 0. The van der Waals surface area contributed by atoms with Crippen molar-refractivity contribution in [3.8, 4) is 5.75 Å². The number of carbonyl (C=O) groups is 1. The predicted molar refractivity (Wildman–Crippen MR) is 57.0 cm³/mol. The molecule has 1 aromatic rings. The summed E-state index contributed by atoms with van der Waals surface area (Å²) in [5.41, 5.74) is 0.736. The summed E-state index contributed by atoms with van der Waals surface area (Å²) in [6.45, 7) is 3.69. The summed E-state index contributed by atoms with van der Waals surface area (Å²) < 4.78 is 4.84. The van der Waals surface area contributed by atoms with Gasteiger partial charge in [0.2, 0.25) is 0 Å². The van der Waals surface area contributed by atoms with Gasteiger partial charge in [0.15, 0.2) is 0 Å². The van der Waals surface area contributed by atoms with Crippen molar-refractivity contribution in [3.63, 3.8) is 0 Å². The molecule has 0 spiro atoms. The van der Waals surface area contributed by atoms with Crippen molar-refractivity contribution < 1.29 is 14.4 Å². The minimum absolute atomic E-state index is 0.437. The molecule has 0 saturated heterocycles. The fraction of sp³-hybridized carbons (Fsp3) is 0.273. The van der Waals surface area contributed by atoms with Crippen molar-refractivity contribution >= 4 is 11.9 Å². The number of benzene rings is 1. The van der Waals surface area contributed by atoms with Crippen LogP contribution in [0.25, 0.3) is 0 Å². The molecule has 0 saturated carbocycles. The van der Waals surface area contributed by atoms with E-state index in [-0.39, 0.29) is 0 Å². The fourth-order valence-corrected chi connectivity index (χ4v) is 0.783. The van der Waals surface area contributed by atoms with Crippen LogP contribution in [-0.2, 0) is 4.84 Å². The SMILES string of the molecule is CCC(C)=NOC(=O)Oc1ccccc1. The molecule has 4 heteroatoms. The number of hydrogen-bond acceptors (Lipinski definition) is 4. The highest BCUT2D eigenvalue weighted by Crippen LogP contribution is 2.09. The van der Waals surface area contributed by atoms with Crippen LogP contribution in [-0.4, -0.2) is 11.9 Å². The lowest BCUT2D eigenvalue weighted by Crippen LogP contribution is -2.08. The Balaban J connectivity index is 2.44. The lowest BCUT2D eigenvalue weighted by atomic mass is 10.3. The van der Waals surface area contributed by atoms with Gasteiger partial charge in [-0.3, -0.25) is 4.84 Å². The molecule has 0 aliphatic heterocycles. The van der Waals surface area contributed by atoms with E-state index in [4.69, 9.17) is 4.74 Å². The van der Waals surface area contributed by atoms with Crippen LogP contribution in [0.15, 0.2) is 35.5 Å². The molecule has 0 atom stereocenters. The first-order chi connectivity index (χ1) is 7.22. The zero-order valence-corrected chi connectivity index (χ0v) is 8.77. The van der Waals surface area contributed by atoms with Crippen molar-refractivity contribution in [2.24, 2.45) is 5.16 Å². The van der Waals surface area contributed by atoms with E-state index in [0.717, 1.165) is 12.1 Å². The summed E-state index contributed by atoms with van der Waals surface area (Å²) in [5.74, 6) is 0.437. The van der Waals surface area contributed by atoms with Gasteiger partial charge in [0.25, 0.3) is 0 Å². The minimum atomic E-state index is -0.825. The quantitative estimate of drug-likeness (QED) is 0.252. The largest absolute Gasteiger partial charge is 0.540 e. The Morgan fingerprint density at radius 1 is 1.33 bits per heavy atom. The molecule has 1 rings (SSSR count). The molecule has 4 nitrogen and oxygen atoms in total. The second-order valence-electron chi connectivity index (χ2n) is 2.94. The Kier molecular flexibility index (Phi) is 4.34. The molecular formula is C11H13NO3. The van der Waals surface area contributed by atoms with Gasteiger partial charge in [-0.15, -0.1) is 0 Å². The van der Waals surface area contributed by atoms with Crippen LogP contribution < -0.4 is 4.74 Å². The normalized spacial score (nSPS) is 10.9. The highest BCUT2D eigenvalue weighted by atomic mass is 16.8. The maximum absolute atomic E-state index is 11.1. The third-order valence-corrected chi connectivity index (χ3v) is 1.73. The summed E-state index contributed by atoms with van der Waals surface area (Å²) in [4.78, 5) is 15.6. The van der Waals surface area contributed by atoms with Crippen molar-refractivity contribution in [3.05, 3.63) is 30.3 Å². The first-order valence-electron chi connectivity index (χ1n) is 4.69. The van der Waals surface area contributed by atoms with Crippen molar-refractivity contribution in [2.45, 2.75) is 20.3 Å². The lowest BCUT2D eigenvalue weighted by Gasteiger charge is -2.00. The molecule has 0 unspecified atom stereocenters. The molecule has 0 aliphatic carbocycles. The van der Waals surface area contributed by atoms with E-state index in [1.54, 1.807) is 31.2 Å². The van der Waals surface area contributed by atoms with Gasteiger partial charge in [0.05, 0.1) is 5.71 Å². The van der Waals surface area contributed by atoms with Crippen LogP contribution in [0.5, 0.6) is 5.75 Å². The average Bonchev–Trinajstić information content (AvgIpc) is 2.27. The van der Waals surface area contributed by atoms with E-state index in [1.165, 1.54) is 0 Å². The molecule has 15 heavy (non-hydrogen) atoms. The molecule has 0 N–H and O–H groups in total. The molecule has 0 aromatic heterocycles. The predicted octanol–water partition coefficient (Wildman–Crippen LogP) is 2.99. The molecule has 0 aliphatic rings. The Morgan fingerprint density at radius 3 is 2.60 bits per heavy atom. The van der Waals surface area contributed by atoms with Gasteiger partial charge in [0, 0.05) is 0 Å². The smallest absolute Gasteiger partial charge is 0.393 e. The Labute approximate surface area is 88.5 Å². The highest BCUT2D eigenvalue weighted by Gasteiger charge is 2.04. The maximum Gasteiger partial charge on any atom is 0.540 e. The van der Waals surface area contributed by atoms with Crippen LogP contribution >= 0.6 is 0 Å². The lowest BCUT2D eigenvalue weighted by molar-refractivity contribution is 0.102. The zero-order valence-electron chi connectivity index (χ0n) is 8.77. The van der Waals surface area contributed by atoms with Crippen molar-refractivity contribution in [1.29, 1.82) is 0 Å². The molecule has 80 valence electrons. The Bertz CT molecular complexity index is 346. The minimum Gasteiger partial charge on any atom is -0.393 e. The number of carbonyl (C=O) groups excluding carboxylic acids is 1. The summed E-state index contributed by atoms with van der Waals surface area (Å²) in [5, 5.41) is 3.58. The van der Waals surface area contributed by atoms with Crippen LogP contribution in [0.2, 0.25) is 0 Å². The van der Waals surface area contributed by atoms with Gasteiger partial charge in [-0.2, -0.15) is 0 Å². The van der Waals surface area contributed by atoms with Gasteiger partial charge < -0.3 is 4.74 Å². The number of rotatable bonds is 3. The van der Waals surface area contributed by atoms with Crippen LogP contribution in [0.4, 0.5) is 4.79 Å². The third-order valence-electron chi connectivity index (χ3n) is 1.73. The molecule has 0 heterocycles. The van der Waals surface area contributed by atoms with Crippen molar-refractivity contribution in [2.75, 3.05) is 0 Å². The summed E-state index contributed by atoms with van der Waals surface area (Å²) >= 11 is 0. The van der Waals surface area contributed by atoms with Gasteiger partial charge in [0.1, 0.15) is 5.75 Å². The number of oxime groups is 1. The highest BCUT2D eigenvalue weighted by molar-refractivity contribution is 5.81. The van der Waals surface area contributed by atoms with Crippen LogP contribution in [0, 0.1) is 0 Å². The van der Waals surface area contributed by atoms with E-state index < -0.39 is 6.16 Å². The molecule has 0 bridgehead atoms. The zero-order chi connectivity index (χ0) is 11.1. The van der Waals surface area contributed by atoms with E-state index in [1.807, 2.05) is 13.0 Å². The molecular weight excluding hydrogens is 194 g/mol. The molecule has 1 aromatic carbocycles. The van der Waals surface area contributed by atoms with Crippen LogP contribution in [0.3, 0.4) is 0 Å². The number of hydrogen-bond donors (Lipinski definition) is 0. The second kappa shape index (κ2) is 5.80. The first kappa shape index (κ1) is 11.2. The standard InChI is InChI=1S/C11H13NO3/c1-3-9(2)12-15-11(13)14-10-7-5-4-6-8-10/h4-8H,3H2,1-2H3. The Morgan fingerprint density at radius 2 is 2.00 bits per heavy atom. The van der Waals surface area contributed by atoms with Gasteiger partial charge in [-0.05, 0) is 25.5 Å². The van der Waals surface area contributed by atoms with Gasteiger partial charge in [-0.1, -0.05) is 30.3 Å². The second-order valence-corrected chi connectivity index (χ2v) is 2.94. The fourth-order valence-electron chi connectivity index (χ4n) is 0.783. The first-order valence-corrected chi connectivity index (χ1v) is 4.69. The van der Waals surface area contributed by atoms with Crippen molar-refractivity contribution in [1.82, 2.24) is 0 Å². The maximum atomic E-state index is 11.1. The van der Waals surface area contributed by atoms with E-state index >= 15 is 0 Å². The van der Waals surface area contributed by atoms with Gasteiger partial charge in [-0.25, -0.2) is 4.79 Å². The number of para-hydroxylation sites is 1. The third kappa shape index (κ3) is 4.26. The topological polar surface area (TPSA) is 47.9 Å². The monoisotopic (exact) mass is 207 g/mol. The van der Waals surface area contributed by atoms with Gasteiger partial charge >= 0.3 is 6.16 Å². The molecule has 0 radical (unpaired) electrons. The summed E-state index contributed by atoms with van der Waals surface area (Å²) in [6.07, 6.45) is -0.0903. The van der Waals surface area contributed by atoms with Crippen LogP contribution in [0.1, 0.15) is 20.3 Å².